The van der Waals surface area contributed by atoms with Gasteiger partial charge in [0.05, 0.1) is 28.8 Å². The Hall–Kier alpha value is -2.26. The Balaban J connectivity index is 2.25. The third-order valence-electron chi connectivity index (χ3n) is 3.02. The maximum Gasteiger partial charge on any atom is 0.234 e. The van der Waals surface area contributed by atoms with Gasteiger partial charge in [0.1, 0.15) is 5.82 Å². The molecule has 0 unspecified atom stereocenters. The molecule has 90 valence electrons. The summed E-state index contributed by atoms with van der Waals surface area (Å²) in [5.74, 6) is 0.668. The first-order chi connectivity index (χ1) is 8.72. The zero-order valence-corrected chi connectivity index (χ0v) is 10.4. The number of hydrogen-bond donors (Lipinski definition) is 2. The van der Waals surface area contributed by atoms with Crippen LogP contribution in [-0.4, -0.2) is 5.16 Å². The lowest BCUT2D eigenvalue weighted by Gasteiger charge is -2.22. The minimum Gasteiger partial charge on any atom is -0.384 e. The molecule has 1 atom stereocenters. The van der Waals surface area contributed by atoms with E-state index in [1.54, 1.807) is 11.3 Å². The summed E-state index contributed by atoms with van der Waals surface area (Å²) in [7, 11) is 0. The zero-order chi connectivity index (χ0) is 12.7. The number of nitrogens with one attached hydrogen (secondary N) is 1. The first kappa shape index (κ1) is 10.9. The summed E-state index contributed by atoms with van der Waals surface area (Å²) in [5.41, 5.74) is 9.07. The highest BCUT2D eigenvalue weighted by Crippen LogP contribution is 2.42. The van der Waals surface area contributed by atoms with Crippen molar-refractivity contribution < 1.29 is 4.52 Å². The van der Waals surface area contributed by atoms with E-state index in [4.69, 9.17) is 10.3 Å². The molecule has 6 heteroatoms. The van der Waals surface area contributed by atoms with Gasteiger partial charge in [0.15, 0.2) is 0 Å². The number of anilines is 1. The lowest BCUT2D eigenvalue weighted by atomic mass is 9.85. The van der Waals surface area contributed by atoms with Crippen LogP contribution in [0.4, 0.5) is 5.88 Å². The summed E-state index contributed by atoms with van der Waals surface area (Å²) >= 11 is 1.59. The molecule has 2 aromatic heterocycles. The summed E-state index contributed by atoms with van der Waals surface area (Å²) in [6, 6.07) is 4.16. The van der Waals surface area contributed by atoms with E-state index in [2.05, 4.69) is 16.5 Å². The molecule has 1 aliphatic heterocycles. The predicted molar refractivity (Wildman–Crippen MR) is 67.9 cm³/mol. The van der Waals surface area contributed by atoms with E-state index in [0.29, 0.717) is 17.3 Å². The first-order valence-electron chi connectivity index (χ1n) is 5.37. The zero-order valence-electron chi connectivity index (χ0n) is 9.60. The second-order valence-corrected chi connectivity index (χ2v) is 4.84. The van der Waals surface area contributed by atoms with Gasteiger partial charge >= 0.3 is 0 Å². The van der Waals surface area contributed by atoms with Gasteiger partial charge in [-0.1, -0.05) is 5.16 Å². The highest BCUT2D eigenvalue weighted by Gasteiger charge is 2.33. The number of nitriles is 1. The molecule has 0 spiro atoms. The Bertz CT molecular complexity index is 663. The third kappa shape index (κ3) is 1.41. The summed E-state index contributed by atoms with van der Waals surface area (Å²) in [6.45, 7) is 1.86. The second-order valence-electron chi connectivity index (χ2n) is 4.06. The molecule has 0 amide bonds. The average Bonchev–Trinajstić information content (AvgIpc) is 2.98. The van der Waals surface area contributed by atoms with Crippen LogP contribution in [0.2, 0.25) is 0 Å². The van der Waals surface area contributed by atoms with E-state index in [1.165, 1.54) is 0 Å². The fourth-order valence-corrected chi connectivity index (χ4v) is 2.88. The van der Waals surface area contributed by atoms with Crippen molar-refractivity contribution in [2.75, 3.05) is 5.32 Å². The maximum absolute atomic E-state index is 9.31. The van der Waals surface area contributed by atoms with Crippen molar-refractivity contribution in [3.63, 3.8) is 0 Å². The van der Waals surface area contributed by atoms with E-state index in [0.717, 1.165) is 16.8 Å². The monoisotopic (exact) mass is 258 g/mol. The normalized spacial score (nSPS) is 18.1. The standard InChI is InChI=1S/C12H10N4OS/c1-6-9-10(7-2-3-18-5-7)8(4-13)11(14)15-12(9)17-16-6/h2-3,5,10,15H,14H2,1H3/t10-/m0/s1. The van der Waals surface area contributed by atoms with Crippen molar-refractivity contribution in [1.29, 1.82) is 5.26 Å². The Kier molecular flexibility index (Phi) is 2.35. The maximum atomic E-state index is 9.31. The minimum absolute atomic E-state index is 0.191. The molecule has 3 heterocycles. The topological polar surface area (TPSA) is 87.9 Å². The van der Waals surface area contributed by atoms with Crippen LogP contribution in [0.15, 0.2) is 32.7 Å². The number of rotatable bonds is 1. The van der Waals surface area contributed by atoms with Gasteiger partial charge in [-0.3, -0.25) is 0 Å². The molecule has 3 N–H and O–H groups in total. The van der Waals surface area contributed by atoms with Crippen molar-refractivity contribution in [2.45, 2.75) is 12.8 Å². The molecule has 18 heavy (non-hydrogen) atoms. The molecule has 0 radical (unpaired) electrons. The van der Waals surface area contributed by atoms with Crippen LogP contribution in [0.25, 0.3) is 0 Å². The Morgan fingerprint density at radius 2 is 2.44 bits per heavy atom. The van der Waals surface area contributed by atoms with Crippen LogP contribution >= 0.6 is 11.3 Å². The third-order valence-corrected chi connectivity index (χ3v) is 3.72. The number of hydrogen-bond acceptors (Lipinski definition) is 6. The van der Waals surface area contributed by atoms with Crippen LogP contribution < -0.4 is 11.1 Å². The Morgan fingerprint density at radius 3 is 3.11 bits per heavy atom. The van der Waals surface area contributed by atoms with E-state index in [1.807, 2.05) is 23.8 Å². The van der Waals surface area contributed by atoms with Gasteiger partial charge in [0.25, 0.3) is 0 Å². The van der Waals surface area contributed by atoms with Crippen LogP contribution in [0, 0.1) is 18.3 Å². The van der Waals surface area contributed by atoms with Gasteiger partial charge in [0.2, 0.25) is 5.88 Å². The highest BCUT2D eigenvalue weighted by molar-refractivity contribution is 7.08. The smallest absolute Gasteiger partial charge is 0.234 e. The van der Waals surface area contributed by atoms with Gasteiger partial charge in [-0.05, 0) is 29.3 Å². The average molecular weight is 258 g/mol. The lowest BCUT2D eigenvalue weighted by molar-refractivity contribution is 0.427. The molecular weight excluding hydrogens is 248 g/mol. The molecular formula is C12H10N4OS. The van der Waals surface area contributed by atoms with Crippen molar-refractivity contribution >= 4 is 17.2 Å². The molecule has 2 aromatic rings. The largest absolute Gasteiger partial charge is 0.384 e. The Labute approximate surface area is 108 Å². The van der Waals surface area contributed by atoms with Gasteiger partial charge in [-0.25, -0.2) is 0 Å². The second kappa shape index (κ2) is 3.89. The summed E-state index contributed by atoms with van der Waals surface area (Å²) in [4.78, 5) is 0. The number of nitrogens with two attached hydrogens (primary N) is 1. The summed E-state index contributed by atoms with van der Waals surface area (Å²) in [6.07, 6.45) is 0. The molecule has 3 rings (SSSR count). The van der Waals surface area contributed by atoms with Crippen molar-refractivity contribution in [3.8, 4) is 6.07 Å². The quantitative estimate of drug-likeness (QED) is 0.819. The number of aromatic nitrogens is 1. The van der Waals surface area contributed by atoms with Crippen LogP contribution in [0.5, 0.6) is 0 Å². The molecule has 0 aliphatic carbocycles. The molecule has 0 saturated carbocycles. The predicted octanol–water partition coefficient (Wildman–Crippen LogP) is 2.30. The first-order valence-corrected chi connectivity index (χ1v) is 6.31. The lowest BCUT2D eigenvalue weighted by Crippen LogP contribution is -2.22. The highest BCUT2D eigenvalue weighted by atomic mass is 32.1. The van der Waals surface area contributed by atoms with E-state index in [9.17, 15) is 5.26 Å². The number of nitrogens with zero attached hydrogens (tertiary/aromatic N) is 2. The van der Waals surface area contributed by atoms with Gasteiger partial charge in [-0.15, -0.1) is 0 Å². The number of aryl methyl sites for hydroxylation is 1. The molecule has 1 aliphatic rings. The number of thiophene rings is 1. The number of fused-ring (bicyclic) bond motifs is 1. The van der Waals surface area contributed by atoms with Crippen LogP contribution in [-0.2, 0) is 0 Å². The molecule has 5 nitrogen and oxygen atoms in total. The molecule has 0 fully saturated rings. The van der Waals surface area contributed by atoms with Crippen molar-refractivity contribution in [3.05, 3.63) is 45.0 Å². The van der Waals surface area contributed by atoms with Crippen LogP contribution in [0.1, 0.15) is 22.7 Å². The summed E-state index contributed by atoms with van der Waals surface area (Å²) < 4.78 is 5.20. The fraction of sp³-hybridized carbons (Fsp3) is 0.167. The van der Waals surface area contributed by atoms with Gasteiger partial charge in [0, 0.05) is 0 Å². The molecule has 0 aromatic carbocycles. The van der Waals surface area contributed by atoms with E-state index >= 15 is 0 Å². The number of allylic oxidation sites excluding steroid dienone is 1. The fourth-order valence-electron chi connectivity index (χ4n) is 2.19. The molecule has 0 bridgehead atoms. The molecule has 0 saturated heterocycles. The van der Waals surface area contributed by atoms with Crippen molar-refractivity contribution in [1.82, 2.24) is 5.16 Å². The summed E-state index contributed by atoms with van der Waals surface area (Å²) in [5, 5.41) is 20.1. The Morgan fingerprint density at radius 1 is 1.61 bits per heavy atom. The van der Waals surface area contributed by atoms with Crippen LogP contribution in [0.3, 0.4) is 0 Å². The van der Waals surface area contributed by atoms with Crippen molar-refractivity contribution in [2.24, 2.45) is 5.73 Å². The van der Waals surface area contributed by atoms with Gasteiger partial charge in [-0.2, -0.15) is 16.6 Å². The minimum atomic E-state index is -0.191. The van der Waals surface area contributed by atoms with E-state index < -0.39 is 0 Å². The van der Waals surface area contributed by atoms with Gasteiger partial charge < -0.3 is 15.6 Å². The van der Waals surface area contributed by atoms with E-state index in [-0.39, 0.29) is 5.92 Å². The SMILES string of the molecule is Cc1noc2c1[C@@H](c1ccsc1)C(C#N)=C(N)N2.